The van der Waals surface area contributed by atoms with Gasteiger partial charge in [-0.3, -0.25) is 4.79 Å². The first-order valence-electron chi connectivity index (χ1n) is 7.03. The average molecular weight is 367 g/mol. The minimum Gasteiger partial charge on any atom is -0.373 e. The van der Waals surface area contributed by atoms with Crippen LogP contribution < -0.4 is 10.2 Å². The van der Waals surface area contributed by atoms with Crippen molar-refractivity contribution in [3.05, 3.63) is 57.9 Å². The van der Waals surface area contributed by atoms with E-state index in [4.69, 9.17) is 11.6 Å². The van der Waals surface area contributed by atoms with Gasteiger partial charge >= 0.3 is 0 Å². The smallest absolute Gasteiger partial charge is 0.267 e. The van der Waals surface area contributed by atoms with Gasteiger partial charge in [-0.25, -0.2) is 8.78 Å². The van der Waals surface area contributed by atoms with E-state index in [0.29, 0.717) is 9.90 Å². The minimum atomic E-state index is -0.752. The Bertz CT molecular complexity index is 916. The summed E-state index contributed by atoms with van der Waals surface area (Å²) in [5.41, 5.74) is -0.123. The predicted octanol–water partition coefficient (Wildman–Crippen LogP) is 5.15. The summed E-state index contributed by atoms with van der Waals surface area (Å²) in [4.78, 5) is 14.0. The van der Waals surface area contributed by atoms with E-state index in [2.05, 4.69) is 5.32 Å². The molecule has 0 radical (unpaired) electrons. The fourth-order valence-electron chi connectivity index (χ4n) is 2.41. The molecule has 3 aromatic rings. The van der Waals surface area contributed by atoms with Gasteiger partial charge < -0.3 is 10.2 Å². The number of carbonyl (C=O) groups is 1. The van der Waals surface area contributed by atoms with Crippen molar-refractivity contribution < 1.29 is 13.6 Å². The van der Waals surface area contributed by atoms with Gasteiger partial charge in [-0.2, -0.15) is 0 Å². The number of thiophene rings is 1. The standard InChI is InChI=1S/C17H13ClF2N2OS/c1-22(2)15-11(19)7-9(8-12(15)20)21-17(23)16-14(18)10-5-3-4-6-13(10)24-16/h3-8H,1-2H3,(H,21,23). The Kier molecular flexibility index (Phi) is 4.43. The molecular formula is C17H13ClF2N2OS. The molecule has 2 aromatic carbocycles. The molecule has 24 heavy (non-hydrogen) atoms. The molecule has 1 heterocycles. The van der Waals surface area contributed by atoms with Crippen LogP contribution in [0.5, 0.6) is 0 Å². The van der Waals surface area contributed by atoms with E-state index >= 15 is 0 Å². The summed E-state index contributed by atoms with van der Waals surface area (Å²) in [6.07, 6.45) is 0. The number of carbonyl (C=O) groups excluding carboxylic acids is 1. The monoisotopic (exact) mass is 366 g/mol. The maximum Gasteiger partial charge on any atom is 0.267 e. The van der Waals surface area contributed by atoms with Crippen molar-refractivity contribution >= 4 is 50.3 Å². The second-order valence-corrected chi connectivity index (χ2v) is 6.81. The fourth-order valence-corrected chi connectivity index (χ4v) is 3.83. The Morgan fingerprint density at radius 1 is 1.17 bits per heavy atom. The largest absolute Gasteiger partial charge is 0.373 e. The third-order valence-corrected chi connectivity index (χ3v) is 5.14. The van der Waals surface area contributed by atoms with E-state index in [-0.39, 0.29) is 11.4 Å². The third-order valence-electron chi connectivity index (χ3n) is 3.46. The zero-order chi connectivity index (χ0) is 17.4. The lowest BCUT2D eigenvalue weighted by molar-refractivity contribution is 0.103. The van der Waals surface area contributed by atoms with E-state index in [9.17, 15) is 13.6 Å². The average Bonchev–Trinajstić information content (AvgIpc) is 2.84. The molecule has 0 bridgehead atoms. The highest BCUT2D eigenvalue weighted by Gasteiger charge is 2.19. The van der Waals surface area contributed by atoms with Crippen molar-refractivity contribution in [1.82, 2.24) is 0 Å². The molecule has 0 fully saturated rings. The summed E-state index contributed by atoms with van der Waals surface area (Å²) in [6.45, 7) is 0. The number of nitrogens with zero attached hydrogens (tertiary/aromatic N) is 1. The van der Waals surface area contributed by atoms with Crippen molar-refractivity contribution in [3.63, 3.8) is 0 Å². The number of hydrogen-bond acceptors (Lipinski definition) is 3. The van der Waals surface area contributed by atoms with Gasteiger partial charge in [-0.05, 0) is 18.2 Å². The summed E-state index contributed by atoms with van der Waals surface area (Å²) in [7, 11) is 3.08. The SMILES string of the molecule is CN(C)c1c(F)cc(NC(=O)c2sc3ccccc3c2Cl)cc1F. The number of rotatable bonds is 3. The molecule has 1 aromatic heterocycles. The molecule has 1 amide bonds. The van der Waals surface area contributed by atoms with Crippen LogP contribution in [0.2, 0.25) is 5.02 Å². The molecule has 3 nitrogen and oxygen atoms in total. The summed E-state index contributed by atoms with van der Waals surface area (Å²) in [6, 6.07) is 9.51. The van der Waals surface area contributed by atoms with Gasteiger partial charge in [0.15, 0.2) is 11.6 Å². The van der Waals surface area contributed by atoms with Crippen LogP contribution in [-0.4, -0.2) is 20.0 Å². The molecular weight excluding hydrogens is 354 g/mol. The molecule has 0 saturated heterocycles. The number of benzene rings is 2. The van der Waals surface area contributed by atoms with Crippen LogP contribution in [0.3, 0.4) is 0 Å². The van der Waals surface area contributed by atoms with Gasteiger partial charge in [-0.1, -0.05) is 29.8 Å². The van der Waals surface area contributed by atoms with Crippen molar-refractivity contribution in [3.8, 4) is 0 Å². The van der Waals surface area contributed by atoms with Gasteiger partial charge in [-0.15, -0.1) is 11.3 Å². The highest BCUT2D eigenvalue weighted by atomic mass is 35.5. The molecule has 0 atom stereocenters. The highest BCUT2D eigenvalue weighted by molar-refractivity contribution is 7.21. The number of anilines is 2. The van der Waals surface area contributed by atoms with Crippen LogP contribution in [0.1, 0.15) is 9.67 Å². The number of hydrogen-bond donors (Lipinski definition) is 1. The van der Waals surface area contributed by atoms with E-state index in [0.717, 1.165) is 22.2 Å². The van der Waals surface area contributed by atoms with Gasteiger partial charge in [0.1, 0.15) is 10.6 Å². The molecule has 7 heteroatoms. The predicted molar refractivity (Wildman–Crippen MR) is 95.5 cm³/mol. The lowest BCUT2D eigenvalue weighted by Gasteiger charge is -2.15. The molecule has 0 aliphatic rings. The summed E-state index contributed by atoms with van der Waals surface area (Å²) in [5, 5.41) is 3.60. The third kappa shape index (κ3) is 2.95. The zero-order valence-corrected chi connectivity index (χ0v) is 14.4. The van der Waals surface area contributed by atoms with Crippen LogP contribution in [0.4, 0.5) is 20.2 Å². The Balaban J connectivity index is 1.93. The molecule has 0 aliphatic carbocycles. The van der Waals surface area contributed by atoms with Crippen LogP contribution in [-0.2, 0) is 0 Å². The van der Waals surface area contributed by atoms with Gasteiger partial charge in [0.05, 0.1) is 5.02 Å². The lowest BCUT2D eigenvalue weighted by atomic mass is 10.2. The van der Waals surface area contributed by atoms with Gasteiger partial charge in [0.25, 0.3) is 5.91 Å². The molecule has 0 aliphatic heterocycles. The van der Waals surface area contributed by atoms with E-state index in [1.807, 2.05) is 24.3 Å². The Labute approximate surface area is 146 Å². The second-order valence-electron chi connectivity index (χ2n) is 5.38. The molecule has 1 N–H and O–H groups in total. The first-order chi connectivity index (χ1) is 11.4. The number of amides is 1. The Morgan fingerprint density at radius 2 is 1.79 bits per heavy atom. The molecule has 0 unspecified atom stereocenters. The lowest BCUT2D eigenvalue weighted by Crippen LogP contribution is -2.15. The first-order valence-corrected chi connectivity index (χ1v) is 8.22. The number of halogens is 3. The summed E-state index contributed by atoms with van der Waals surface area (Å²) >= 11 is 7.47. The van der Waals surface area contributed by atoms with Crippen molar-refractivity contribution in [2.75, 3.05) is 24.3 Å². The fraction of sp³-hybridized carbons (Fsp3) is 0.118. The normalized spacial score (nSPS) is 10.9. The van der Waals surface area contributed by atoms with Crippen molar-refractivity contribution in [2.45, 2.75) is 0 Å². The Hall–Kier alpha value is -2.18. The van der Waals surface area contributed by atoms with Crippen molar-refractivity contribution in [2.24, 2.45) is 0 Å². The maximum absolute atomic E-state index is 14.0. The van der Waals surface area contributed by atoms with Crippen LogP contribution in [0.15, 0.2) is 36.4 Å². The quantitative estimate of drug-likeness (QED) is 0.695. The molecule has 124 valence electrons. The number of fused-ring (bicyclic) bond motifs is 1. The van der Waals surface area contributed by atoms with Gasteiger partial charge in [0, 0.05) is 29.9 Å². The van der Waals surface area contributed by atoms with Crippen LogP contribution in [0, 0.1) is 11.6 Å². The Morgan fingerprint density at radius 3 is 2.38 bits per heavy atom. The van der Waals surface area contributed by atoms with Crippen LogP contribution in [0.25, 0.3) is 10.1 Å². The van der Waals surface area contributed by atoms with Crippen molar-refractivity contribution in [1.29, 1.82) is 0 Å². The first kappa shape index (κ1) is 16.7. The topological polar surface area (TPSA) is 32.3 Å². The molecule has 0 spiro atoms. The van der Waals surface area contributed by atoms with E-state index < -0.39 is 17.5 Å². The van der Waals surface area contributed by atoms with E-state index in [1.165, 1.54) is 30.3 Å². The maximum atomic E-state index is 14.0. The van der Waals surface area contributed by atoms with Crippen LogP contribution >= 0.6 is 22.9 Å². The molecule has 3 rings (SSSR count). The zero-order valence-electron chi connectivity index (χ0n) is 12.9. The highest BCUT2D eigenvalue weighted by Crippen LogP contribution is 2.35. The summed E-state index contributed by atoms with van der Waals surface area (Å²) in [5.74, 6) is -2.01. The minimum absolute atomic E-state index is 0.0362. The molecule has 0 saturated carbocycles. The van der Waals surface area contributed by atoms with E-state index in [1.54, 1.807) is 0 Å². The number of nitrogens with one attached hydrogen (secondary N) is 1. The second kappa shape index (κ2) is 6.37. The van der Waals surface area contributed by atoms with Gasteiger partial charge in [0.2, 0.25) is 0 Å². The summed E-state index contributed by atoms with van der Waals surface area (Å²) < 4.78 is 28.9.